The standard InChI is InChI=1S/C16H15N3/c1-12-15-7-3-2-5-13(15)9-10-19(12)16-8-4-6-14(11-17)18-16/h2-8,12H,9-10H2,1H3. The lowest BCUT2D eigenvalue weighted by molar-refractivity contribution is 0.617. The molecule has 3 heteroatoms. The summed E-state index contributed by atoms with van der Waals surface area (Å²) in [7, 11) is 0. The van der Waals surface area contributed by atoms with Crippen molar-refractivity contribution in [3.63, 3.8) is 0 Å². The van der Waals surface area contributed by atoms with E-state index in [1.807, 2.05) is 12.1 Å². The fourth-order valence-corrected chi connectivity index (χ4v) is 2.73. The Labute approximate surface area is 113 Å². The van der Waals surface area contributed by atoms with Gasteiger partial charge < -0.3 is 4.90 Å². The predicted octanol–water partition coefficient (Wildman–Crippen LogP) is 3.08. The Morgan fingerprint density at radius 2 is 2.05 bits per heavy atom. The Kier molecular flexibility index (Phi) is 2.92. The van der Waals surface area contributed by atoms with Gasteiger partial charge in [0.15, 0.2) is 0 Å². The van der Waals surface area contributed by atoms with Crippen LogP contribution in [0.15, 0.2) is 42.5 Å². The molecule has 3 rings (SSSR count). The maximum Gasteiger partial charge on any atom is 0.142 e. The summed E-state index contributed by atoms with van der Waals surface area (Å²) in [6.07, 6.45) is 1.03. The van der Waals surface area contributed by atoms with Crippen LogP contribution in [-0.2, 0) is 6.42 Å². The highest BCUT2D eigenvalue weighted by molar-refractivity contribution is 5.48. The van der Waals surface area contributed by atoms with Gasteiger partial charge in [-0.05, 0) is 36.6 Å². The van der Waals surface area contributed by atoms with E-state index >= 15 is 0 Å². The Morgan fingerprint density at radius 1 is 1.21 bits per heavy atom. The monoisotopic (exact) mass is 249 g/mol. The largest absolute Gasteiger partial charge is 0.349 e. The maximum absolute atomic E-state index is 8.95. The van der Waals surface area contributed by atoms with E-state index in [0.29, 0.717) is 11.7 Å². The second-order valence-electron chi connectivity index (χ2n) is 4.81. The van der Waals surface area contributed by atoms with Crippen LogP contribution in [0.25, 0.3) is 0 Å². The van der Waals surface area contributed by atoms with Gasteiger partial charge in [0.2, 0.25) is 0 Å². The summed E-state index contributed by atoms with van der Waals surface area (Å²) in [5, 5.41) is 8.95. The van der Waals surface area contributed by atoms with Crippen molar-refractivity contribution in [3.05, 3.63) is 59.3 Å². The van der Waals surface area contributed by atoms with Crippen LogP contribution < -0.4 is 4.90 Å². The highest BCUT2D eigenvalue weighted by atomic mass is 15.2. The van der Waals surface area contributed by atoms with Crippen molar-refractivity contribution in [1.29, 1.82) is 5.26 Å². The van der Waals surface area contributed by atoms with E-state index in [9.17, 15) is 0 Å². The third-order valence-corrected chi connectivity index (χ3v) is 3.74. The van der Waals surface area contributed by atoms with Crippen molar-refractivity contribution in [1.82, 2.24) is 4.98 Å². The summed E-state index contributed by atoms with van der Waals surface area (Å²) < 4.78 is 0. The first-order valence-electron chi connectivity index (χ1n) is 6.51. The number of nitrogens with zero attached hydrogens (tertiary/aromatic N) is 3. The average Bonchev–Trinajstić information content (AvgIpc) is 2.48. The Morgan fingerprint density at radius 3 is 2.89 bits per heavy atom. The fourth-order valence-electron chi connectivity index (χ4n) is 2.73. The molecule has 0 amide bonds. The molecule has 0 radical (unpaired) electrons. The van der Waals surface area contributed by atoms with Gasteiger partial charge in [0.25, 0.3) is 0 Å². The molecule has 1 aliphatic heterocycles. The van der Waals surface area contributed by atoms with Gasteiger partial charge in [0.05, 0.1) is 6.04 Å². The molecule has 0 bridgehead atoms. The normalized spacial score (nSPS) is 17.7. The molecule has 0 saturated heterocycles. The zero-order valence-electron chi connectivity index (χ0n) is 10.9. The summed E-state index contributed by atoms with van der Waals surface area (Å²) in [6.45, 7) is 3.14. The average molecular weight is 249 g/mol. The highest BCUT2D eigenvalue weighted by Crippen LogP contribution is 2.32. The molecule has 2 heterocycles. The van der Waals surface area contributed by atoms with Crippen molar-refractivity contribution in [2.24, 2.45) is 0 Å². The van der Waals surface area contributed by atoms with E-state index < -0.39 is 0 Å². The van der Waals surface area contributed by atoms with Gasteiger partial charge in [0, 0.05) is 6.54 Å². The molecule has 1 atom stereocenters. The van der Waals surface area contributed by atoms with Crippen molar-refractivity contribution < 1.29 is 0 Å². The van der Waals surface area contributed by atoms with Gasteiger partial charge in [0.1, 0.15) is 17.6 Å². The minimum atomic E-state index is 0.298. The van der Waals surface area contributed by atoms with E-state index in [4.69, 9.17) is 5.26 Å². The van der Waals surface area contributed by atoms with Gasteiger partial charge in [-0.3, -0.25) is 0 Å². The van der Waals surface area contributed by atoms with E-state index in [0.717, 1.165) is 18.8 Å². The molecule has 1 aliphatic rings. The topological polar surface area (TPSA) is 39.9 Å². The van der Waals surface area contributed by atoms with E-state index in [2.05, 4.69) is 47.1 Å². The highest BCUT2D eigenvalue weighted by Gasteiger charge is 2.24. The quantitative estimate of drug-likeness (QED) is 0.779. The van der Waals surface area contributed by atoms with Crippen molar-refractivity contribution in [2.75, 3.05) is 11.4 Å². The number of pyridine rings is 1. The van der Waals surface area contributed by atoms with Gasteiger partial charge in [-0.2, -0.15) is 5.26 Å². The molecule has 0 saturated carbocycles. The third-order valence-electron chi connectivity index (χ3n) is 3.74. The van der Waals surface area contributed by atoms with Gasteiger partial charge in [-0.15, -0.1) is 0 Å². The molecule has 94 valence electrons. The summed E-state index contributed by atoms with van der Waals surface area (Å²) in [6, 6.07) is 16.6. The summed E-state index contributed by atoms with van der Waals surface area (Å²) in [4.78, 5) is 6.67. The second kappa shape index (κ2) is 4.74. The molecule has 0 N–H and O–H groups in total. The number of rotatable bonds is 1. The van der Waals surface area contributed by atoms with Gasteiger partial charge in [-0.25, -0.2) is 4.98 Å². The van der Waals surface area contributed by atoms with Crippen molar-refractivity contribution >= 4 is 5.82 Å². The van der Waals surface area contributed by atoms with Crippen LogP contribution in [0, 0.1) is 11.3 Å². The first-order valence-corrected chi connectivity index (χ1v) is 6.51. The number of aromatic nitrogens is 1. The van der Waals surface area contributed by atoms with Crippen molar-refractivity contribution in [3.8, 4) is 6.07 Å². The SMILES string of the molecule is CC1c2ccccc2CCN1c1cccc(C#N)n1. The summed E-state index contributed by atoms with van der Waals surface area (Å²) in [5.74, 6) is 0.890. The number of nitriles is 1. The lowest BCUT2D eigenvalue weighted by atomic mass is 9.93. The molecule has 0 spiro atoms. The molecule has 0 fully saturated rings. The first-order chi connectivity index (χ1) is 9.29. The van der Waals surface area contributed by atoms with Crippen LogP contribution >= 0.6 is 0 Å². The number of hydrogen-bond donors (Lipinski definition) is 0. The molecular weight excluding hydrogens is 234 g/mol. The van der Waals surface area contributed by atoms with Gasteiger partial charge >= 0.3 is 0 Å². The maximum atomic E-state index is 8.95. The second-order valence-corrected chi connectivity index (χ2v) is 4.81. The summed E-state index contributed by atoms with van der Waals surface area (Å²) >= 11 is 0. The van der Waals surface area contributed by atoms with Crippen LogP contribution in [0.4, 0.5) is 5.82 Å². The molecule has 1 aromatic carbocycles. The Balaban J connectivity index is 1.98. The number of fused-ring (bicyclic) bond motifs is 1. The molecule has 2 aromatic rings. The Hall–Kier alpha value is -2.34. The van der Waals surface area contributed by atoms with Crippen LogP contribution in [0.5, 0.6) is 0 Å². The van der Waals surface area contributed by atoms with Crippen LogP contribution in [-0.4, -0.2) is 11.5 Å². The molecule has 19 heavy (non-hydrogen) atoms. The number of hydrogen-bond acceptors (Lipinski definition) is 3. The van der Waals surface area contributed by atoms with Crippen LogP contribution in [0.1, 0.15) is 29.8 Å². The smallest absolute Gasteiger partial charge is 0.142 e. The third kappa shape index (κ3) is 2.06. The van der Waals surface area contributed by atoms with E-state index in [1.54, 1.807) is 6.07 Å². The lowest BCUT2D eigenvalue weighted by Crippen LogP contribution is -2.34. The number of anilines is 1. The van der Waals surface area contributed by atoms with Crippen molar-refractivity contribution in [2.45, 2.75) is 19.4 Å². The van der Waals surface area contributed by atoms with Crippen LogP contribution in [0.2, 0.25) is 0 Å². The van der Waals surface area contributed by atoms with Crippen LogP contribution in [0.3, 0.4) is 0 Å². The lowest BCUT2D eigenvalue weighted by Gasteiger charge is -2.36. The minimum Gasteiger partial charge on any atom is -0.349 e. The molecule has 1 unspecified atom stereocenters. The van der Waals surface area contributed by atoms with E-state index in [1.165, 1.54) is 11.1 Å². The Bertz CT molecular complexity index is 642. The molecular formula is C16H15N3. The first kappa shape index (κ1) is 11.7. The van der Waals surface area contributed by atoms with E-state index in [-0.39, 0.29) is 0 Å². The zero-order valence-corrected chi connectivity index (χ0v) is 10.9. The molecule has 0 aliphatic carbocycles. The zero-order chi connectivity index (χ0) is 13.2. The number of benzene rings is 1. The van der Waals surface area contributed by atoms with Gasteiger partial charge in [-0.1, -0.05) is 30.3 Å². The minimum absolute atomic E-state index is 0.298. The predicted molar refractivity (Wildman–Crippen MR) is 74.9 cm³/mol. The molecule has 1 aromatic heterocycles. The summed E-state index contributed by atoms with van der Waals surface area (Å²) in [5.41, 5.74) is 3.25. The molecule has 3 nitrogen and oxygen atoms in total. The fraction of sp³-hybridized carbons (Fsp3) is 0.250.